The highest BCUT2D eigenvalue weighted by Gasteiger charge is 2.28. The Labute approximate surface area is 187 Å². The number of carbonyl (C=O) groups excluding carboxylic acids is 1. The predicted octanol–water partition coefficient (Wildman–Crippen LogP) is 3.61. The molecule has 0 bridgehead atoms. The molecular formula is C22H33F3N2O5. The van der Waals surface area contributed by atoms with E-state index in [2.05, 4.69) is 9.64 Å². The molecule has 10 heteroatoms. The van der Waals surface area contributed by atoms with E-state index in [0.29, 0.717) is 81.8 Å². The lowest BCUT2D eigenvalue weighted by Crippen LogP contribution is -2.49. The van der Waals surface area contributed by atoms with Gasteiger partial charge in [0.05, 0.1) is 19.8 Å². The minimum Gasteiger partial charge on any atom is -0.490 e. The van der Waals surface area contributed by atoms with E-state index in [1.807, 2.05) is 20.8 Å². The zero-order chi connectivity index (χ0) is 23.6. The van der Waals surface area contributed by atoms with Crippen LogP contribution in [-0.4, -0.2) is 87.6 Å². The van der Waals surface area contributed by atoms with Crippen LogP contribution in [0.15, 0.2) is 12.1 Å². The molecule has 0 radical (unpaired) electrons. The number of nitrogens with zero attached hydrogens (tertiary/aromatic N) is 2. The number of hydrogen-bond acceptors (Lipinski definition) is 6. The largest absolute Gasteiger partial charge is 0.490 e. The quantitative estimate of drug-likeness (QED) is 0.443. The number of ether oxygens (including phenoxy) is 4. The summed E-state index contributed by atoms with van der Waals surface area (Å²) in [4.78, 5) is 17.0. The number of halogens is 3. The van der Waals surface area contributed by atoms with Crippen molar-refractivity contribution in [3.8, 4) is 17.2 Å². The lowest BCUT2D eigenvalue weighted by molar-refractivity contribution is -0.174. The fourth-order valence-electron chi connectivity index (χ4n) is 3.45. The average Bonchev–Trinajstić information content (AvgIpc) is 2.75. The van der Waals surface area contributed by atoms with Crippen molar-refractivity contribution in [2.75, 3.05) is 65.8 Å². The summed E-state index contributed by atoms with van der Waals surface area (Å²) in [5.74, 6) is 1.32. The standard InChI is InChI=1S/C22H33F3N2O5/c1-4-30-18-14-17(15-19(31-5-2)20(18)32-6-3)21(28)27-11-9-26(10-12-27)8-7-13-29-16-22(23,24)25/h14-15H,4-13,16H2,1-3H3. The van der Waals surface area contributed by atoms with E-state index in [4.69, 9.17) is 14.2 Å². The molecule has 1 saturated heterocycles. The topological polar surface area (TPSA) is 60.5 Å². The molecule has 0 unspecified atom stereocenters. The van der Waals surface area contributed by atoms with Crippen molar-refractivity contribution in [1.82, 2.24) is 9.80 Å². The van der Waals surface area contributed by atoms with Gasteiger partial charge in [-0.2, -0.15) is 13.2 Å². The van der Waals surface area contributed by atoms with Gasteiger partial charge in [0.1, 0.15) is 6.61 Å². The zero-order valence-electron chi connectivity index (χ0n) is 19.0. The summed E-state index contributed by atoms with van der Waals surface area (Å²) in [6.45, 7) is 8.72. The van der Waals surface area contributed by atoms with Crippen LogP contribution in [0.3, 0.4) is 0 Å². The highest BCUT2D eigenvalue weighted by Crippen LogP contribution is 2.39. The summed E-state index contributed by atoms with van der Waals surface area (Å²) in [5.41, 5.74) is 0.467. The number of rotatable bonds is 12. The van der Waals surface area contributed by atoms with E-state index in [0.717, 1.165) is 0 Å². The first-order chi connectivity index (χ1) is 15.3. The van der Waals surface area contributed by atoms with Crippen molar-refractivity contribution in [2.24, 2.45) is 0 Å². The van der Waals surface area contributed by atoms with Gasteiger partial charge in [0, 0.05) is 44.9 Å². The van der Waals surface area contributed by atoms with Crippen LogP contribution in [0.4, 0.5) is 13.2 Å². The average molecular weight is 463 g/mol. The van der Waals surface area contributed by atoms with Gasteiger partial charge in [-0.15, -0.1) is 0 Å². The Hall–Kier alpha value is -2.20. The normalized spacial score (nSPS) is 15.0. The highest BCUT2D eigenvalue weighted by atomic mass is 19.4. The molecule has 1 fully saturated rings. The lowest BCUT2D eigenvalue weighted by Gasteiger charge is -2.35. The number of piperazine rings is 1. The number of hydrogen-bond donors (Lipinski definition) is 0. The van der Waals surface area contributed by atoms with Crippen molar-refractivity contribution in [3.05, 3.63) is 17.7 Å². The molecule has 1 amide bonds. The molecule has 32 heavy (non-hydrogen) atoms. The molecule has 0 N–H and O–H groups in total. The summed E-state index contributed by atoms with van der Waals surface area (Å²) >= 11 is 0. The second-order valence-electron chi connectivity index (χ2n) is 7.26. The number of carbonyl (C=O) groups is 1. The molecule has 0 atom stereocenters. The maximum Gasteiger partial charge on any atom is 0.411 e. The van der Waals surface area contributed by atoms with Gasteiger partial charge in [-0.1, -0.05) is 0 Å². The van der Waals surface area contributed by atoms with Crippen LogP contribution < -0.4 is 14.2 Å². The molecule has 1 aromatic carbocycles. The molecule has 0 aromatic heterocycles. The molecule has 1 aromatic rings. The zero-order valence-corrected chi connectivity index (χ0v) is 19.0. The van der Waals surface area contributed by atoms with Gasteiger partial charge in [0.2, 0.25) is 5.75 Å². The van der Waals surface area contributed by atoms with Crippen LogP contribution in [0.5, 0.6) is 17.2 Å². The van der Waals surface area contributed by atoms with Gasteiger partial charge < -0.3 is 23.8 Å². The molecule has 2 rings (SSSR count). The molecule has 1 aliphatic rings. The molecule has 0 spiro atoms. The first kappa shape index (κ1) is 26.1. The fraction of sp³-hybridized carbons (Fsp3) is 0.682. The number of amides is 1. The number of alkyl halides is 3. The van der Waals surface area contributed by atoms with Crippen molar-refractivity contribution in [2.45, 2.75) is 33.4 Å². The Kier molecular flexibility index (Phi) is 10.4. The highest BCUT2D eigenvalue weighted by molar-refractivity contribution is 5.95. The van der Waals surface area contributed by atoms with Crippen LogP contribution in [0.2, 0.25) is 0 Å². The van der Waals surface area contributed by atoms with Crippen molar-refractivity contribution < 1.29 is 36.9 Å². The Morgan fingerprint density at radius 3 is 2.00 bits per heavy atom. The molecule has 7 nitrogen and oxygen atoms in total. The van der Waals surface area contributed by atoms with E-state index in [1.54, 1.807) is 17.0 Å². The summed E-state index contributed by atoms with van der Waals surface area (Å²) in [6.07, 6.45) is -3.78. The Morgan fingerprint density at radius 1 is 0.938 bits per heavy atom. The van der Waals surface area contributed by atoms with Crippen LogP contribution in [0, 0.1) is 0 Å². The third-order valence-electron chi connectivity index (χ3n) is 4.84. The summed E-state index contributed by atoms with van der Waals surface area (Å²) in [7, 11) is 0. The molecule has 1 heterocycles. The minimum atomic E-state index is -4.29. The summed E-state index contributed by atoms with van der Waals surface area (Å²) in [6, 6.07) is 3.37. The summed E-state index contributed by atoms with van der Waals surface area (Å²) < 4.78 is 58.0. The minimum absolute atomic E-state index is 0.0608. The van der Waals surface area contributed by atoms with Gasteiger partial charge in [0.15, 0.2) is 11.5 Å². The first-order valence-electron chi connectivity index (χ1n) is 11.0. The Morgan fingerprint density at radius 2 is 1.50 bits per heavy atom. The SMILES string of the molecule is CCOc1cc(C(=O)N2CCN(CCCOCC(F)(F)F)CC2)cc(OCC)c1OCC. The van der Waals surface area contributed by atoms with Crippen LogP contribution >= 0.6 is 0 Å². The van der Waals surface area contributed by atoms with Crippen molar-refractivity contribution >= 4 is 5.91 Å². The second-order valence-corrected chi connectivity index (χ2v) is 7.26. The van der Waals surface area contributed by atoms with Crippen molar-refractivity contribution in [3.63, 3.8) is 0 Å². The lowest BCUT2D eigenvalue weighted by atomic mass is 10.1. The van der Waals surface area contributed by atoms with E-state index in [9.17, 15) is 18.0 Å². The van der Waals surface area contributed by atoms with Crippen molar-refractivity contribution in [1.29, 1.82) is 0 Å². The molecule has 0 aliphatic carbocycles. The predicted molar refractivity (Wildman–Crippen MR) is 114 cm³/mol. The van der Waals surface area contributed by atoms with Crippen LogP contribution in [0.1, 0.15) is 37.6 Å². The van der Waals surface area contributed by atoms with E-state index < -0.39 is 12.8 Å². The smallest absolute Gasteiger partial charge is 0.411 e. The third kappa shape index (κ3) is 8.05. The molecular weight excluding hydrogens is 429 g/mol. The fourth-order valence-corrected chi connectivity index (χ4v) is 3.45. The van der Waals surface area contributed by atoms with Crippen LogP contribution in [-0.2, 0) is 4.74 Å². The number of benzene rings is 1. The molecule has 1 aliphatic heterocycles. The van der Waals surface area contributed by atoms with Gasteiger partial charge >= 0.3 is 6.18 Å². The van der Waals surface area contributed by atoms with E-state index in [1.165, 1.54) is 0 Å². The van der Waals surface area contributed by atoms with Gasteiger partial charge in [-0.25, -0.2) is 0 Å². The van der Waals surface area contributed by atoms with Crippen LogP contribution in [0.25, 0.3) is 0 Å². The van der Waals surface area contributed by atoms with Gasteiger partial charge in [0.25, 0.3) is 5.91 Å². The van der Waals surface area contributed by atoms with E-state index in [-0.39, 0.29) is 12.5 Å². The van der Waals surface area contributed by atoms with Gasteiger partial charge in [-0.05, 0) is 39.3 Å². The van der Waals surface area contributed by atoms with E-state index >= 15 is 0 Å². The third-order valence-corrected chi connectivity index (χ3v) is 4.84. The Balaban J connectivity index is 1.94. The maximum absolute atomic E-state index is 13.1. The molecule has 182 valence electrons. The first-order valence-corrected chi connectivity index (χ1v) is 11.0. The molecule has 0 saturated carbocycles. The monoisotopic (exact) mass is 462 g/mol. The second kappa shape index (κ2) is 12.7. The van der Waals surface area contributed by atoms with Gasteiger partial charge in [-0.3, -0.25) is 9.69 Å². The summed E-state index contributed by atoms with van der Waals surface area (Å²) in [5, 5.41) is 0. The maximum atomic E-state index is 13.1. The Bertz CT molecular complexity index is 695.